The lowest BCUT2D eigenvalue weighted by molar-refractivity contribution is 0.229. The van der Waals surface area contributed by atoms with Crippen molar-refractivity contribution in [1.82, 2.24) is 10.3 Å². The quantitative estimate of drug-likeness (QED) is 0.579. The van der Waals surface area contributed by atoms with E-state index in [1.807, 2.05) is 26.0 Å². The molecule has 0 aliphatic rings. The number of hydrogen-bond donors (Lipinski definition) is 1. The lowest BCUT2D eigenvalue weighted by Crippen LogP contribution is -2.17. The Hall–Kier alpha value is -1.53. The number of aromatic nitrogens is 1. The molecule has 1 aromatic heterocycles. The van der Waals surface area contributed by atoms with Gasteiger partial charge in [-0.05, 0) is 32.9 Å². The molecule has 0 bridgehead atoms. The minimum Gasteiger partial charge on any atom is -0.475 e. The molecule has 0 atom stereocenters. The fourth-order valence-electron chi connectivity index (χ4n) is 1.43. The molecule has 3 nitrogen and oxygen atoms in total. The molecule has 0 saturated carbocycles. The highest BCUT2D eigenvalue weighted by Crippen LogP contribution is 2.15. The van der Waals surface area contributed by atoms with Crippen LogP contribution in [-0.2, 0) is 6.54 Å². The van der Waals surface area contributed by atoms with Crippen molar-refractivity contribution < 1.29 is 4.74 Å². The van der Waals surface area contributed by atoms with Gasteiger partial charge in [-0.2, -0.15) is 0 Å². The van der Waals surface area contributed by atoms with Crippen LogP contribution in [0.4, 0.5) is 0 Å². The van der Waals surface area contributed by atoms with Gasteiger partial charge in [0.1, 0.15) is 0 Å². The van der Waals surface area contributed by atoms with Crippen LogP contribution in [0.2, 0.25) is 0 Å². The summed E-state index contributed by atoms with van der Waals surface area (Å²) in [5.74, 6) is 3.34. The zero-order valence-corrected chi connectivity index (χ0v) is 10.6. The molecule has 1 N–H and O–H groups in total. The third kappa shape index (κ3) is 5.37. The minimum atomic E-state index is 0.144. The molecule has 0 saturated heterocycles. The summed E-state index contributed by atoms with van der Waals surface area (Å²) >= 11 is 0. The van der Waals surface area contributed by atoms with Crippen molar-refractivity contribution in [2.24, 2.45) is 0 Å². The molecule has 0 radical (unpaired) electrons. The van der Waals surface area contributed by atoms with E-state index in [1.165, 1.54) is 0 Å². The normalized spacial score (nSPS) is 10.2. The first-order chi connectivity index (χ1) is 8.24. The lowest BCUT2D eigenvalue weighted by atomic mass is 10.2. The van der Waals surface area contributed by atoms with E-state index in [4.69, 9.17) is 11.2 Å². The van der Waals surface area contributed by atoms with Crippen molar-refractivity contribution in [3.8, 4) is 18.2 Å². The Morgan fingerprint density at radius 3 is 3.06 bits per heavy atom. The van der Waals surface area contributed by atoms with Crippen LogP contribution < -0.4 is 10.1 Å². The van der Waals surface area contributed by atoms with E-state index in [1.54, 1.807) is 6.20 Å². The number of hydrogen-bond acceptors (Lipinski definition) is 3. The summed E-state index contributed by atoms with van der Waals surface area (Å²) in [5, 5.41) is 3.33. The molecule has 1 aromatic rings. The standard InChI is InChI=1S/C14H20N2O/c1-4-5-6-9-15-11-13-8-7-10-16-14(13)17-12(2)3/h1,7-8,10,12,15H,5-6,9,11H2,2-3H3. The molecule has 0 spiro atoms. The van der Waals surface area contributed by atoms with Gasteiger partial charge in [-0.25, -0.2) is 4.98 Å². The fraction of sp³-hybridized carbons (Fsp3) is 0.500. The van der Waals surface area contributed by atoms with Gasteiger partial charge in [0.25, 0.3) is 0 Å². The summed E-state index contributed by atoms with van der Waals surface area (Å²) in [4.78, 5) is 4.24. The maximum absolute atomic E-state index is 5.64. The van der Waals surface area contributed by atoms with E-state index < -0.39 is 0 Å². The van der Waals surface area contributed by atoms with Gasteiger partial charge in [0, 0.05) is 24.7 Å². The molecule has 3 heteroatoms. The third-order valence-electron chi connectivity index (χ3n) is 2.19. The summed E-state index contributed by atoms with van der Waals surface area (Å²) < 4.78 is 5.64. The maximum Gasteiger partial charge on any atom is 0.218 e. The van der Waals surface area contributed by atoms with Gasteiger partial charge in [0.05, 0.1) is 6.10 Å². The van der Waals surface area contributed by atoms with E-state index in [0.717, 1.165) is 31.5 Å². The van der Waals surface area contributed by atoms with Crippen molar-refractivity contribution in [3.63, 3.8) is 0 Å². The van der Waals surface area contributed by atoms with E-state index in [2.05, 4.69) is 16.2 Å². The van der Waals surface area contributed by atoms with Crippen LogP contribution in [0.15, 0.2) is 18.3 Å². The van der Waals surface area contributed by atoms with E-state index in [-0.39, 0.29) is 6.10 Å². The molecule has 1 heterocycles. The highest BCUT2D eigenvalue weighted by molar-refractivity contribution is 5.25. The van der Waals surface area contributed by atoms with Gasteiger partial charge in [-0.1, -0.05) is 6.07 Å². The van der Waals surface area contributed by atoms with Crippen LogP contribution in [0.3, 0.4) is 0 Å². The molecule has 1 rings (SSSR count). The molecule has 17 heavy (non-hydrogen) atoms. The van der Waals surface area contributed by atoms with Crippen molar-refractivity contribution in [2.75, 3.05) is 6.54 Å². The summed E-state index contributed by atoms with van der Waals surface area (Å²) in [6.45, 7) is 5.68. The number of ether oxygens (including phenoxy) is 1. The summed E-state index contributed by atoms with van der Waals surface area (Å²) in [7, 11) is 0. The highest BCUT2D eigenvalue weighted by Gasteiger charge is 2.05. The van der Waals surface area contributed by atoms with Crippen LogP contribution in [0, 0.1) is 12.3 Å². The van der Waals surface area contributed by atoms with Gasteiger partial charge in [0.15, 0.2) is 0 Å². The second-order valence-corrected chi connectivity index (χ2v) is 4.12. The van der Waals surface area contributed by atoms with Gasteiger partial charge >= 0.3 is 0 Å². The van der Waals surface area contributed by atoms with E-state index >= 15 is 0 Å². The van der Waals surface area contributed by atoms with Crippen LogP contribution in [0.25, 0.3) is 0 Å². The maximum atomic E-state index is 5.64. The predicted molar refractivity (Wildman–Crippen MR) is 69.8 cm³/mol. The van der Waals surface area contributed by atoms with Crippen LogP contribution in [-0.4, -0.2) is 17.6 Å². The Labute approximate surface area is 104 Å². The summed E-state index contributed by atoms with van der Waals surface area (Å²) in [6.07, 6.45) is 8.90. The van der Waals surface area contributed by atoms with Crippen LogP contribution in [0.1, 0.15) is 32.3 Å². The van der Waals surface area contributed by atoms with Crippen molar-refractivity contribution in [1.29, 1.82) is 0 Å². The number of pyridine rings is 1. The summed E-state index contributed by atoms with van der Waals surface area (Å²) in [6, 6.07) is 3.95. The zero-order chi connectivity index (χ0) is 12.5. The molecule has 0 aromatic carbocycles. The highest BCUT2D eigenvalue weighted by atomic mass is 16.5. The van der Waals surface area contributed by atoms with Gasteiger partial charge < -0.3 is 10.1 Å². The molecule has 0 amide bonds. The third-order valence-corrected chi connectivity index (χ3v) is 2.19. The van der Waals surface area contributed by atoms with Crippen LogP contribution in [0.5, 0.6) is 5.88 Å². The Bertz CT molecular complexity index is 369. The monoisotopic (exact) mass is 232 g/mol. The topological polar surface area (TPSA) is 34.2 Å². The number of terminal acetylenes is 1. The average molecular weight is 232 g/mol. The Morgan fingerprint density at radius 1 is 1.53 bits per heavy atom. The van der Waals surface area contributed by atoms with Gasteiger partial charge in [0.2, 0.25) is 5.88 Å². The van der Waals surface area contributed by atoms with E-state index in [9.17, 15) is 0 Å². The molecule has 0 fully saturated rings. The first kappa shape index (κ1) is 13.5. The molecule has 92 valence electrons. The zero-order valence-electron chi connectivity index (χ0n) is 10.6. The Balaban J connectivity index is 2.44. The average Bonchev–Trinajstić information content (AvgIpc) is 2.30. The lowest BCUT2D eigenvalue weighted by Gasteiger charge is -2.13. The molecule has 0 aliphatic heterocycles. The van der Waals surface area contributed by atoms with Gasteiger partial charge in [-0.15, -0.1) is 12.3 Å². The number of nitrogens with one attached hydrogen (secondary N) is 1. The second kappa shape index (κ2) is 7.70. The minimum absolute atomic E-state index is 0.144. The predicted octanol–water partition coefficient (Wildman–Crippen LogP) is 2.37. The smallest absolute Gasteiger partial charge is 0.218 e. The molecular weight excluding hydrogens is 212 g/mol. The second-order valence-electron chi connectivity index (χ2n) is 4.12. The SMILES string of the molecule is C#CCCCNCc1cccnc1OC(C)C. The Kier molecular flexibility index (Phi) is 6.13. The Morgan fingerprint density at radius 2 is 2.35 bits per heavy atom. The summed E-state index contributed by atoms with van der Waals surface area (Å²) in [5.41, 5.74) is 1.09. The number of nitrogens with zero attached hydrogens (tertiary/aromatic N) is 1. The van der Waals surface area contributed by atoms with Crippen LogP contribution >= 0.6 is 0 Å². The van der Waals surface area contributed by atoms with Crippen molar-refractivity contribution in [2.45, 2.75) is 39.3 Å². The first-order valence-corrected chi connectivity index (χ1v) is 5.98. The van der Waals surface area contributed by atoms with Gasteiger partial charge in [-0.3, -0.25) is 0 Å². The number of rotatable bonds is 7. The fourth-order valence-corrected chi connectivity index (χ4v) is 1.43. The van der Waals surface area contributed by atoms with E-state index in [0.29, 0.717) is 5.88 Å². The van der Waals surface area contributed by atoms with Crippen molar-refractivity contribution >= 4 is 0 Å². The molecule has 0 unspecified atom stereocenters. The largest absolute Gasteiger partial charge is 0.475 e. The molecule has 0 aliphatic carbocycles. The first-order valence-electron chi connectivity index (χ1n) is 5.98. The van der Waals surface area contributed by atoms with Crippen molar-refractivity contribution in [3.05, 3.63) is 23.9 Å². The molecular formula is C14H20N2O. The number of unbranched alkanes of at least 4 members (excludes halogenated alkanes) is 1.